The minimum atomic E-state index is -0.970. The zero-order valence-electron chi connectivity index (χ0n) is 15.3. The van der Waals surface area contributed by atoms with E-state index in [1.54, 1.807) is 31.3 Å². The van der Waals surface area contributed by atoms with Crippen LogP contribution in [0.15, 0.2) is 48.7 Å². The number of fused-ring (bicyclic) bond motifs is 1. The van der Waals surface area contributed by atoms with Crippen molar-refractivity contribution in [1.82, 2.24) is 4.98 Å². The van der Waals surface area contributed by atoms with Gasteiger partial charge in [0.1, 0.15) is 0 Å². The lowest BCUT2D eigenvalue weighted by Crippen LogP contribution is -2.25. The van der Waals surface area contributed by atoms with Gasteiger partial charge in [-0.15, -0.1) is 0 Å². The summed E-state index contributed by atoms with van der Waals surface area (Å²) in [4.78, 5) is 39.8. The van der Waals surface area contributed by atoms with Crippen LogP contribution in [0.25, 0.3) is 10.9 Å². The number of carbonyl (C=O) groups excluding carboxylic acids is 3. The van der Waals surface area contributed by atoms with E-state index < -0.39 is 12.1 Å². The van der Waals surface area contributed by atoms with Crippen LogP contribution in [0, 0.1) is 6.92 Å². The summed E-state index contributed by atoms with van der Waals surface area (Å²) in [5, 5.41) is 3.42. The minimum Gasteiger partial charge on any atom is -0.451 e. The average Bonchev–Trinajstić information content (AvgIpc) is 3.06. The van der Waals surface area contributed by atoms with Crippen LogP contribution in [-0.4, -0.2) is 28.7 Å². The van der Waals surface area contributed by atoms with Gasteiger partial charge in [0.05, 0.1) is 11.3 Å². The van der Waals surface area contributed by atoms with E-state index in [2.05, 4.69) is 10.3 Å². The number of amides is 1. The molecule has 27 heavy (non-hydrogen) atoms. The molecule has 138 valence electrons. The quantitative estimate of drug-likeness (QED) is 0.531. The number of esters is 1. The van der Waals surface area contributed by atoms with Crippen LogP contribution in [0.5, 0.6) is 0 Å². The molecule has 2 aromatic carbocycles. The van der Waals surface area contributed by atoms with E-state index in [1.165, 1.54) is 13.8 Å². The number of hydrogen-bond acceptors (Lipinski definition) is 4. The number of hydrogen-bond donors (Lipinski definition) is 2. The first kappa shape index (κ1) is 18.4. The second kappa shape index (κ2) is 7.45. The molecule has 6 nitrogen and oxygen atoms in total. The monoisotopic (exact) mass is 364 g/mol. The maximum atomic E-state index is 12.7. The van der Waals surface area contributed by atoms with Crippen molar-refractivity contribution in [3.8, 4) is 0 Å². The Morgan fingerprint density at radius 2 is 1.78 bits per heavy atom. The molecule has 1 unspecified atom stereocenters. The van der Waals surface area contributed by atoms with Crippen LogP contribution in [0.3, 0.4) is 0 Å². The molecule has 0 bridgehead atoms. The summed E-state index contributed by atoms with van der Waals surface area (Å²) in [6.07, 6.45) is 0.648. The summed E-state index contributed by atoms with van der Waals surface area (Å²) in [5.74, 6) is -1.25. The van der Waals surface area contributed by atoms with E-state index in [4.69, 9.17) is 4.74 Å². The Balaban J connectivity index is 1.83. The standard InChI is InChI=1S/C21H20N2O4/c1-12-7-6-9-16(19(12)23-14(3)24)21(26)27-13(2)20(25)17-11-22-18-10-5-4-8-15(17)18/h4-11,13,22H,1-3H3,(H,23,24). The van der Waals surface area contributed by atoms with Gasteiger partial charge in [0, 0.05) is 29.6 Å². The Morgan fingerprint density at radius 3 is 2.52 bits per heavy atom. The van der Waals surface area contributed by atoms with Crippen molar-refractivity contribution in [1.29, 1.82) is 0 Å². The molecule has 1 atom stereocenters. The summed E-state index contributed by atoms with van der Waals surface area (Å²) in [6, 6.07) is 12.5. The normalized spacial score (nSPS) is 11.8. The van der Waals surface area contributed by atoms with E-state index in [1.807, 2.05) is 24.3 Å². The van der Waals surface area contributed by atoms with E-state index >= 15 is 0 Å². The van der Waals surface area contributed by atoms with Crippen molar-refractivity contribution in [2.24, 2.45) is 0 Å². The van der Waals surface area contributed by atoms with Gasteiger partial charge < -0.3 is 15.0 Å². The molecule has 6 heteroatoms. The third kappa shape index (κ3) is 3.74. The van der Waals surface area contributed by atoms with Crippen molar-refractivity contribution < 1.29 is 19.1 Å². The number of ketones is 1. The Labute approximate surface area is 156 Å². The number of aromatic amines is 1. The smallest absolute Gasteiger partial charge is 0.340 e. The van der Waals surface area contributed by atoms with Crippen molar-refractivity contribution in [2.45, 2.75) is 26.9 Å². The number of rotatable bonds is 5. The number of anilines is 1. The zero-order chi connectivity index (χ0) is 19.6. The van der Waals surface area contributed by atoms with Crippen molar-refractivity contribution in [3.63, 3.8) is 0 Å². The summed E-state index contributed by atoms with van der Waals surface area (Å²) in [5.41, 5.74) is 2.64. The lowest BCUT2D eigenvalue weighted by atomic mass is 10.1. The average molecular weight is 364 g/mol. The molecule has 0 aliphatic carbocycles. The van der Waals surface area contributed by atoms with Gasteiger partial charge in [-0.2, -0.15) is 0 Å². The van der Waals surface area contributed by atoms with Gasteiger partial charge in [-0.25, -0.2) is 4.79 Å². The highest BCUT2D eigenvalue weighted by molar-refractivity contribution is 6.11. The molecule has 0 saturated carbocycles. The number of para-hydroxylation sites is 2. The molecular formula is C21H20N2O4. The predicted octanol–water partition coefficient (Wildman–Crippen LogP) is 3.86. The van der Waals surface area contributed by atoms with Crippen LogP contribution < -0.4 is 5.32 Å². The van der Waals surface area contributed by atoms with Gasteiger partial charge in [-0.1, -0.05) is 30.3 Å². The fourth-order valence-corrected chi connectivity index (χ4v) is 2.95. The first-order chi connectivity index (χ1) is 12.9. The fraction of sp³-hybridized carbons (Fsp3) is 0.190. The maximum absolute atomic E-state index is 12.7. The van der Waals surface area contributed by atoms with Gasteiger partial charge in [-0.3, -0.25) is 9.59 Å². The number of benzene rings is 2. The highest BCUT2D eigenvalue weighted by atomic mass is 16.5. The first-order valence-electron chi connectivity index (χ1n) is 8.57. The third-order valence-corrected chi connectivity index (χ3v) is 4.30. The number of aryl methyl sites for hydroxylation is 1. The van der Waals surface area contributed by atoms with Gasteiger partial charge in [-0.05, 0) is 31.5 Å². The number of Topliss-reactive ketones (excluding diaryl/α,β-unsaturated/α-hetero) is 1. The molecule has 3 rings (SSSR count). The van der Waals surface area contributed by atoms with Crippen molar-refractivity contribution in [2.75, 3.05) is 5.32 Å². The molecule has 0 spiro atoms. The second-order valence-corrected chi connectivity index (χ2v) is 6.34. The number of aromatic nitrogens is 1. The SMILES string of the molecule is CC(=O)Nc1c(C)cccc1C(=O)OC(C)C(=O)c1c[nH]c2ccccc12. The summed E-state index contributed by atoms with van der Waals surface area (Å²) >= 11 is 0. The first-order valence-corrected chi connectivity index (χ1v) is 8.57. The van der Waals surface area contributed by atoms with Crippen LogP contribution in [-0.2, 0) is 9.53 Å². The molecule has 0 fully saturated rings. The van der Waals surface area contributed by atoms with E-state index in [9.17, 15) is 14.4 Å². The lowest BCUT2D eigenvalue weighted by Gasteiger charge is -2.15. The molecule has 0 aliphatic heterocycles. The molecule has 1 aromatic heterocycles. The van der Waals surface area contributed by atoms with Crippen molar-refractivity contribution >= 4 is 34.3 Å². The molecule has 1 heterocycles. The molecule has 2 N–H and O–H groups in total. The number of nitrogens with one attached hydrogen (secondary N) is 2. The van der Waals surface area contributed by atoms with Gasteiger partial charge in [0.15, 0.2) is 6.10 Å². The predicted molar refractivity (Wildman–Crippen MR) is 103 cm³/mol. The third-order valence-electron chi connectivity index (χ3n) is 4.30. The number of carbonyl (C=O) groups is 3. The van der Waals surface area contributed by atoms with E-state index in [0.29, 0.717) is 11.3 Å². The van der Waals surface area contributed by atoms with Crippen LogP contribution in [0.1, 0.15) is 40.1 Å². The Morgan fingerprint density at radius 1 is 1.04 bits per heavy atom. The Kier molecular flexibility index (Phi) is 5.07. The minimum absolute atomic E-state index is 0.212. The van der Waals surface area contributed by atoms with E-state index in [-0.39, 0.29) is 17.3 Å². The van der Waals surface area contributed by atoms with E-state index in [0.717, 1.165) is 16.5 Å². The van der Waals surface area contributed by atoms with Crippen LogP contribution in [0.2, 0.25) is 0 Å². The number of H-pyrrole nitrogens is 1. The Bertz CT molecular complexity index is 1040. The molecule has 0 aliphatic rings. The molecule has 0 radical (unpaired) electrons. The second-order valence-electron chi connectivity index (χ2n) is 6.34. The van der Waals surface area contributed by atoms with Gasteiger partial charge in [0.25, 0.3) is 0 Å². The highest BCUT2D eigenvalue weighted by Crippen LogP contribution is 2.24. The molecular weight excluding hydrogens is 344 g/mol. The topological polar surface area (TPSA) is 88.3 Å². The Hall–Kier alpha value is -3.41. The van der Waals surface area contributed by atoms with Crippen LogP contribution >= 0.6 is 0 Å². The lowest BCUT2D eigenvalue weighted by molar-refractivity contribution is -0.114. The van der Waals surface area contributed by atoms with Crippen molar-refractivity contribution in [3.05, 3.63) is 65.4 Å². The largest absolute Gasteiger partial charge is 0.451 e. The zero-order valence-corrected chi connectivity index (χ0v) is 15.3. The summed E-state index contributed by atoms with van der Waals surface area (Å²) < 4.78 is 5.39. The van der Waals surface area contributed by atoms with Gasteiger partial charge >= 0.3 is 5.97 Å². The molecule has 3 aromatic rings. The van der Waals surface area contributed by atoms with Gasteiger partial charge in [0.2, 0.25) is 11.7 Å². The summed E-state index contributed by atoms with van der Waals surface area (Å²) in [6.45, 7) is 4.68. The van der Waals surface area contributed by atoms with Crippen LogP contribution in [0.4, 0.5) is 5.69 Å². The fourth-order valence-electron chi connectivity index (χ4n) is 2.95. The molecule has 0 saturated heterocycles. The highest BCUT2D eigenvalue weighted by Gasteiger charge is 2.24. The maximum Gasteiger partial charge on any atom is 0.340 e. The summed E-state index contributed by atoms with van der Waals surface area (Å²) in [7, 11) is 0. The molecule has 1 amide bonds. The number of ether oxygens (including phenoxy) is 1.